The number of carbonyl (C=O) groups is 1. The van der Waals surface area contributed by atoms with Crippen molar-refractivity contribution in [2.24, 2.45) is 4.99 Å². The standard InChI is InChI=1S/C20H31F2N5O/c1-4-23-20(24-11-9-19(28)26(5-2)6-3)25-16-10-12-27(14-16)18-8-7-15(21)13-17(18)22/h7-8,13,16H,4-6,9-12,14H2,1-3H3,(H2,23,24,25). The molecule has 1 aliphatic heterocycles. The number of nitrogens with zero attached hydrogens (tertiary/aromatic N) is 3. The molecule has 1 aromatic rings. The van der Waals surface area contributed by atoms with Gasteiger partial charge in [-0.15, -0.1) is 0 Å². The largest absolute Gasteiger partial charge is 0.367 e. The molecule has 1 atom stereocenters. The third kappa shape index (κ3) is 6.07. The molecule has 8 heteroatoms. The second-order valence-electron chi connectivity index (χ2n) is 6.75. The van der Waals surface area contributed by atoms with E-state index in [1.54, 1.807) is 4.90 Å². The third-order valence-corrected chi connectivity index (χ3v) is 4.84. The molecule has 0 radical (unpaired) electrons. The van der Waals surface area contributed by atoms with Gasteiger partial charge in [0.25, 0.3) is 0 Å². The SMILES string of the molecule is CCNC(=NCCC(=O)N(CC)CC)NC1CCN(c2ccc(F)cc2F)C1. The van der Waals surface area contributed by atoms with E-state index in [1.165, 1.54) is 12.1 Å². The Balaban J connectivity index is 1.90. The molecule has 6 nitrogen and oxygen atoms in total. The van der Waals surface area contributed by atoms with Crippen LogP contribution in [0.4, 0.5) is 14.5 Å². The van der Waals surface area contributed by atoms with Crippen LogP contribution in [0, 0.1) is 11.6 Å². The molecular formula is C20H31F2N5O. The number of carbonyl (C=O) groups excluding carboxylic acids is 1. The topological polar surface area (TPSA) is 60.0 Å². The highest BCUT2D eigenvalue weighted by Crippen LogP contribution is 2.24. The molecule has 2 rings (SSSR count). The summed E-state index contributed by atoms with van der Waals surface area (Å²) in [5.74, 6) is -0.364. The number of aliphatic imine (C=N–C) groups is 1. The highest BCUT2D eigenvalue weighted by atomic mass is 19.1. The number of rotatable bonds is 8. The van der Waals surface area contributed by atoms with E-state index in [0.717, 1.165) is 12.5 Å². The van der Waals surface area contributed by atoms with Crippen LogP contribution < -0.4 is 15.5 Å². The van der Waals surface area contributed by atoms with E-state index >= 15 is 0 Å². The average Bonchev–Trinajstić information content (AvgIpc) is 3.11. The summed E-state index contributed by atoms with van der Waals surface area (Å²) in [5, 5.41) is 6.54. The Kier molecular flexibility index (Phi) is 8.47. The molecule has 1 heterocycles. The van der Waals surface area contributed by atoms with Gasteiger partial charge in [-0.1, -0.05) is 0 Å². The predicted octanol–water partition coefficient (Wildman–Crippen LogP) is 2.36. The van der Waals surface area contributed by atoms with E-state index in [2.05, 4.69) is 15.6 Å². The molecule has 1 saturated heterocycles. The molecule has 156 valence electrons. The number of halogens is 2. The highest BCUT2D eigenvalue weighted by Gasteiger charge is 2.25. The van der Waals surface area contributed by atoms with Gasteiger partial charge in [-0.3, -0.25) is 9.79 Å². The summed E-state index contributed by atoms with van der Waals surface area (Å²) >= 11 is 0. The summed E-state index contributed by atoms with van der Waals surface area (Å²) in [6, 6.07) is 3.76. The fourth-order valence-electron chi connectivity index (χ4n) is 3.35. The van der Waals surface area contributed by atoms with Gasteiger partial charge in [0, 0.05) is 51.3 Å². The van der Waals surface area contributed by atoms with Crippen LogP contribution in [0.3, 0.4) is 0 Å². The van der Waals surface area contributed by atoms with E-state index < -0.39 is 11.6 Å². The summed E-state index contributed by atoms with van der Waals surface area (Å²) < 4.78 is 27.1. The number of nitrogens with one attached hydrogen (secondary N) is 2. The highest BCUT2D eigenvalue weighted by molar-refractivity contribution is 5.81. The van der Waals surface area contributed by atoms with Gasteiger partial charge in [-0.2, -0.15) is 0 Å². The van der Waals surface area contributed by atoms with Crippen molar-refractivity contribution in [1.29, 1.82) is 0 Å². The van der Waals surface area contributed by atoms with Crippen molar-refractivity contribution in [1.82, 2.24) is 15.5 Å². The van der Waals surface area contributed by atoms with Crippen LogP contribution in [0.1, 0.15) is 33.6 Å². The first-order valence-electron chi connectivity index (χ1n) is 10.0. The van der Waals surface area contributed by atoms with Crippen LogP contribution in [0.5, 0.6) is 0 Å². The first kappa shape index (κ1) is 21.9. The second kappa shape index (κ2) is 10.8. The van der Waals surface area contributed by atoms with E-state index in [1.807, 2.05) is 25.7 Å². The molecule has 0 spiro atoms. The number of hydrogen-bond acceptors (Lipinski definition) is 3. The van der Waals surface area contributed by atoms with Crippen molar-refractivity contribution in [2.75, 3.05) is 44.2 Å². The van der Waals surface area contributed by atoms with Crippen LogP contribution in [0.25, 0.3) is 0 Å². The summed E-state index contributed by atoms with van der Waals surface area (Å²) in [7, 11) is 0. The molecule has 2 N–H and O–H groups in total. The monoisotopic (exact) mass is 395 g/mol. The average molecular weight is 395 g/mol. The van der Waals surface area contributed by atoms with Gasteiger partial charge in [-0.05, 0) is 39.3 Å². The Morgan fingerprint density at radius 1 is 1.29 bits per heavy atom. The van der Waals surface area contributed by atoms with Crippen molar-refractivity contribution < 1.29 is 13.6 Å². The van der Waals surface area contributed by atoms with Crippen molar-refractivity contribution in [3.05, 3.63) is 29.8 Å². The van der Waals surface area contributed by atoms with Crippen LogP contribution in [-0.4, -0.2) is 62.1 Å². The van der Waals surface area contributed by atoms with Gasteiger partial charge in [0.15, 0.2) is 5.96 Å². The molecule has 0 saturated carbocycles. The predicted molar refractivity (Wildman–Crippen MR) is 109 cm³/mol. The van der Waals surface area contributed by atoms with Crippen molar-refractivity contribution >= 4 is 17.6 Å². The first-order chi connectivity index (χ1) is 13.5. The van der Waals surface area contributed by atoms with Crippen LogP contribution in [0.2, 0.25) is 0 Å². The molecule has 1 aromatic carbocycles. The van der Waals surface area contributed by atoms with Gasteiger partial charge in [0.2, 0.25) is 5.91 Å². The lowest BCUT2D eigenvalue weighted by Gasteiger charge is -2.21. The van der Waals surface area contributed by atoms with E-state index in [4.69, 9.17) is 0 Å². The molecule has 0 aliphatic carbocycles. The number of amides is 1. The maximum absolute atomic E-state index is 14.0. The number of benzene rings is 1. The zero-order chi connectivity index (χ0) is 20.5. The Hall–Kier alpha value is -2.38. The molecule has 28 heavy (non-hydrogen) atoms. The lowest BCUT2D eigenvalue weighted by molar-refractivity contribution is -0.130. The number of guanidine groups is 1. The number of hydrogen-bond donors (Lipinski definition) is 2. The Morgan fingerprint density at radius 3 is 2.68 bits per heavy atom. The lowest BCUT2D eigenvalue weighted by atomic mass is 10.2. The molecule has 1 fully saturated rings. The van der Waals surface area contributed by atoms with Crippen molar-refractivity contribution in [2.45, 2.75) is 39.7 Å². The van der Waals surface area contributed by atoms with Gasteiger partial charge in [0.1, 0.15) is 11.6 Å². The molecule has 1 aliphatic rings. The minimum absolute atomic E-state index is 0.0979. The van der Waals surface area contributed by atoms with Crippen molar-refractivity contribution in [3.8, 4) is 0 Å². The van der Waals surface area contributed by atoms with Crippen LogP contribution >= 0.6 is 0 Å². The van der Waals surface area contributed by atoms with Gasteiger partial charge < -0.3 is 20.4 Å². The Bertz CT molecular complexity index is 679. The van der Waals surface area contributed by atoms with E-state index in [0.29, 0.717) is 57.3 Å². The maximum atomic E-state index is 14.0. The fraction of sp³-hybridized carbons (Fsp3) is 0.600. The molecule has 1 unspecified atom stereocenters. The summed E-state index contributed by atoms with van der Waals surface area (Å²) in [6.07, 6.45) is 1.19. The minimum Gasteiger partial charge on any atom is -0.367 e. The third-order valence-electron chi connectivity index (χ3n) is 4.84. The molecular weight excluding hydrogens is 364 g/mol. The smallest absolute Gasteiger partial charge is 0.224 e. The first-order valence-corrected chi connectivity index (χ1v) is 10.0. The molecule has 0 bridgehead atoms. The van der Waals surface area contributed by atoms with Crippen LogP contribution in [0.15, 0.2) is 23.2 Å². The Labute approximate surface area is 166 Å². The Morgan fingerprint density at radius 2 is 2.04 bits per heavy atom. The fourth-order valence-corrected chi connectivity index (χ4v) is 3.35. The van der Waals surface area contributed by atoms with Gasteiger partial charge in [-0.25, -0.2) is 8.78 Å². The summed E-state index contributed by atoms with van der Waals surface area (Å²) in [6.45, 7) is 9.72. The lowest BCUT2D eigenvalue weighted by Crippen LogP contribution is -2.44. The number of anilines is 1. The zero-order valence-electron chi connectivity index (χ0n) is 17.0. The second-order valence-corrected chi connectivity index (χ2v) is 6.75. The van der Waals surface area contributed by atoms with Gasteiger partial charge >= 0.3 is 0 Å². The molecule has 0 aromatic heterocycles. The molecule has 1 amide bonds. The van der Waals surface area contributed by atoms with Crippen LogP contribution in [-0.2, 0) is 4.79 Å². The normalized spacial score (nSPS) is 17.0. The van der Waals surface area contributed by atoms with E-state index in [-0.39, 0.29) is 11.9 Å². The summed E-state index contributed by atoms with van der Waals surface area (Å²) in [5.41, 5.74) is 0.414. The quantitative estimate of drug-likeness (QED) is 0.524. The maximum Gasteiger partial charge on any atom is 0.224 e. The minimum atomic E-state index is -0.573. The van der Waals surface area contributed by atoms with Gasteiger partial charge in [0.05, 0.1) is 12.2 Å². The zero-order valence-corrected chi connectivity index (χ0v) is 17.0. The van der Waals surface area contributed by atoms with E-state index in [9.17, 15) is 13.6 Å². The summed E-state index contributed by atoms with van der Waals surface area (Å²) in [4.78, 5) is 20.3. The van der Waals surface area contributed by atoms with Crippen molar-refractivity contribution in [3.63, 3.8) is 0 Å².